The Balaban J connectivity index is 1.55. The number of amides is 1. The summed E-state index contributed by atoms with van der Waals surface area (Å²) in [6.07, 6.45) is 2.61. The number of aromatic hydroxyl groups is 1. The lowest BCUT2D eigenvalue weighted by atomic mass is 10.1. The molecule has 2 aromatic heterocycles. The Morgan fingerprint density at radius 2 is 2.04 bits per heavy atom. The molecule has 27 heavy (non-hydrogen) atoms. The summed E-state index contributed by atoms with van der Waals surface area (Å²) in [5.41, 5.74) is 3.80. The highest BCUT2D eigenvalue weighted by atomic mass is 32.1. The summed E-state index contributed by atoms with van der Waals surface area (Å²) in [6, 6.07) is 13.5. The van der Waals surface area contributed by atoms with Gasteiger partial charge in [-0.05, 0) is 65.1 Å². The van der Waals surface area contributed by atoms with Crippen LogP contribution in [0.1, 0.15) is 19.3 Å². The first-order valence-corrected chi connectivity index (χ1v) is 9.99. The fourth-order valence-corrected chi connectivity index (χ4v) is 3.53. The largest absolute Gasteiger partial charge is 0.508 e. The van der Waals surface area contributed by atoms with Crippen LogP contribution in [0.4, 0.5) is 5.82 Å². The van der Waals surface area contributed by atoms with Gasteiger partial charge in [0, 0.05) is 24.6 Å². The number of carbonyl (C=O) groups is 1. The highest BCUT2D eigenvalue weighted by Crippen LogP contribution is 2.30. The SMILES string of the molecule is O=C(CCNc1cc(-c2ccsc2)cc(-c2cccc(O)c2)n1)NC1CC1. The van der Waals surface area contributed by atoms with Crippen LogP contribution in [0.3, 0.4) is 0 Å². The van der Waals surface area contributed by atoms with Crippen molar-refractivity contribution in [3.8, 4) is 28.1 Å². The number of carbonyl (C=O) groups excluding carboxylic acids is 1. The molecule has 0 spiro atoms. The summed E-state index contributed by atoms with van der Waals surface area (Å²) in [7, 11) is 0. The lowest BCUT2D eigenvalue weighted by Crippen LogP contribution is -2.27. The first kappa shape index (κ1) is 17.5. The molecule has 1 aliphatic rings. The Morgan fingerprint density at radius 3 is 2.78 bits per heavy atom. The van der Waals surface area contributed by atoms with Crippen LogP contribution in [0.2, 0.25) is 0 Å². The number of nitrogens with zero attached hydrogens (tertiary/aromatic N) is 1. The third kappa shape index (κ3) is 4.65. The average molecular weight is 379 g/mol. The molecule has 1 amide bonds. The minimum absolute atomic E-state index is 0.0761. The van der Waals surface area contributed by atoms with Crippen molar-refractivity contribution in [3.63, 3.8) is 0 Å². The number of phenols is 1. The highest BCUT2D eigenvalue weighted by Gasteiger charge is 2.22. The minimum atomic E-state index is 0.0761. The van der Waals surface area contributed by atoms with E-state index in [9.17, 15) is 9.90 Å². The van der Waals surface area contributed by atoms with Gasteiger partial charge in [-0.2, -0.15) is 11.3 Å². The monoisotopic (exact) mass is 379 g/mol. The number of hydrogen-bond acceptors (Lipinski definition) is 5. The normalized spacial score (nSPS) is 13.3. The van der Waals surface area contributed by atoms with E-state index < -0.39 is 0 Å². The van der Waals surface area contributed by atoms with E-state index in [-0.39, 0.29) is 11.7 Å². The average Bonchev–Trinajstić information content (AvgIpc) is 3.30. The number of anilines is 1. The van der Waals surface area contributed by atoms with E-state index in [0.29, 0.717) is 19.0 Å². The number of pyridine rings is 1. The van der Waals surface area contributed by atoms with Gasteiger partial charge in [0.25, 0.3) is 0 Å². The second-order valence-corrected chi connectivity index (χ2v) is 7.49. The topological polar surface area (TPSA) is 74.2 Å². The summed E-state index contributed by atoms with van der Waals surface area (Å²) in [5, 5.41) is 20.2. The molecule has 0 atom stereocenters. The maximum atomic E-state index is 11.9. The standard InChI is InChI=1S/C21H21N3O2S/c25-18-3-1-2-14(10-18)19-11-16(15-7-9-27-13-15)12-20(24-19)22-8-6-21(26)23-17-4-5-17/h1-3,7,9-13,17,25H,4-6,8H2,(H,22,24)(H,23,26). The lowest BCUT2D eigenvalue weighted by Gasteiger charge is -2.11. The molecule has 0 saturated heterocycles. The lowest BCUT2D eigenvalue weighted by molar-refractivity contribution is -0.120. The molecule has 2 heterocycles. The van der Waals surface area contributed by atoms with Crippen LogP contribution < -0.4 is 10.6 Å². The van der Waals surface area contributed by atoms with Crippen molar-refractivity contribution in [1.29, 1.82) is 0 Å². The number of rotatable bonds is 7. The Morgan fingerprint density at radius 1 is 1.15 bits per heavy atom. The van der Waals surface area contributed by atoms with Crippen molar-refractivity contribution >= 4 is 23.1 Å². The first-order valence-electron chi connectivity index (χ1n) is 9.05. The van der Waals surface area contributed by atoms with Crippen LogP contribution in [0, 0.1) is 0 Å². The van der Waals surface area contributed by atoms with Gasteiger partial charge in [0.2, 0.25) is 5.91 Å². The molecule has 1 aromatic carbocycles. The van der Waals surface area contributed by atoms with E-state index in [0.717, 1.165) is 41.0 Å². The van der Waals surface area contributed by atoms with Crippen LogP contribution in [0.15, 0.2) is 53.2 Å². The molecule has 3 aromatic rings. The minimum Gasteiger partial charge on any atom is -0.508 e. The van der Waals surface area contributed by atoms with Gasteiger partial charge in [0.1, 0.15) is 11.6 Å². The Labute approximate surface area is 162 Å². The first-order chi connectivity index (χ1) is 13.2. The molecule has 0 bridgehead atoms. The highest BCUT2D eigenvalue weighted by molar-refractivity contribution is 7.08. The van der Waals surface area contributed by atoms with Crippen molar-refractivity contribution < 1.29 is 9.90 Å². The van der Waals surface area contributed by atoms with Gasteiger partial charge in [0.15, 0.2) is 0 Å². The molecule has 1 aliphatic carbocycles. The molecule has 1 saturated carbocycles. The molecule has 3 N–H and O–H groups in total. The van der Waals surface area contributed by atoms with Crippen molar-refractivity contribution in [2.24, 2.45) is 0 Å². The fraction of sp³-hybridized carbons (Fsp3) is 0.238. The smallest absolute Gasteiger partial charge is 0.221 e. The number of aromatic nitrogens is 1. The summed E-state index contributed by atoms with van der Waals surface area (Å²) in [6.45, 7) is 0.526. The zero-order valence-electron chi connectivity index (χ0n) is 14.8. The maximum absolute atomic E-state index is 11.9. The van der Waals surface area contributed by atoms with E-state index in [1.165, 1.54) is 0 Å². The van der Waals surface area contributed by atoms with Gasteiger partial charge in [-0.1, -0.05) is 12.1 Å². The van der Waals surface area contributed by atoms with Crippen LogP contribution in [-0.4, -0.2) is 28.6 Å². The number of nitrogens with one attached hydrogen (secondary N) is 2. The van der Waals surface area contributed by atoms with Gasteiger partial charge in [0.05, 0.1) is 5.69 Å². The third-order valence-electron chi connectivity index (χ3n) is 4.42. The fourth-order valence-electron chi connectivity index (χ4n) is 2.86. The van der Waals surface area contributed by atoms with Gasteiger partial charge in [-0.15, -0.1) is 0 Å². The van der Waals surface area contributed by atoms with Crippen LogP contribution >= 0.6 is 11.3 Å². The van der Waals surface area contributed by atoms with E-state index >= 15 is 0 Å². The molecule has 0 aliphatic heterocycles. The quantitative estimate of drug-likeness (QED) is 0.573. The summed E-state index contributed by atoms with van der Waals surface area (Å²) in [4.78, 5) is 16.5. The predicted molar refractivity (Wildman–Crippen MR) is 109 cm³/mol. The number of benzene rings is 1. The molecule has 138 valence electrons. The van der Waals surface area contributed by atoms with Crippen molar-refractivity contribution in [1.82, 2.24) is 10.3 Å². The van der Waals surface area contributed by atoms with E-state index in [4.69, 9.17) is 0 Å². The predicted octanol–water partition coefficient (Wildman–Crippen LogP) is 4.26. The summed E-state index contributed by atoms with van der Waals surface area (Å²) in [5.74, 6) is 1.00. The number of hydrogen-bond donors (Lipinski definition) is 3. The number of thiophene rings is 1. The van der Waals surface area contributed by atoms with Crippen LogP contribution in [0.5, 0.6) is 5.75 Å². The van der Waals surface area contributed by atoms with Crippen LogP contribution in [0.25, 0.3) is 22.4 Å². The second-order valence-electron chi connectivity index (χ2n) is 6.71. The van der Waals surface area contributed by atoms with Gasteiger partial charge >= 0.3 is 0 Å². The molecular formula is C21H21N3O2S. The van der Waals surface area contributed by atoms with E-state index in [1.54, 1.807) is 29.5 Å². The van der Waals surface area contributed by atoms with Gasteiger partial charge < -0.3 is 15.7 Å². The molecule has 1 fully saturated rings. The van der Waals surface area contributed by atoms with Gasteiger partial charge in [-0.25, -0.2) is 4.98 Å². The summed E-state index contributed by atoms with van der Waals surface area (Å²) < 4.78 is 0. The van der Waals surface area contributed by atoms with Crippen LogP contribution in [-0.2, 0) is 4.79 Å². The molecule has 0 radical (unpaired) electrons. The molecule has 5 nitrogen and oxygen atoms in total. The Bertz CT molecular complexity index is 936. The molecule has 6 heteroatoms. The Kier molecular flexibility index (Phi) is 5.07. The molecule has 0 unspecified atom stereocenters. The van der Waals surface area contributed by atoms with Crippen molar-refractivity contribution in [2.75, 3.05) is 11.9 Å². The second kappa shape index (κ2) is 7.80. The van der Waals surface area contributed by atoms with Crippen molar-refractivity contribution in [3.05, 3.63) is 53.2 Å². The Hall–Kier alpha value is -2.86. The van der Waals surface area contributed by atoms with Gasteiger partial charge in [-0.3, -0.25) is 4.79 Å². The zero-order valence-corrected chi connectivity index (χ0v) is 15.6. The summed E-state index contributed by atoms with van der Waals surface area (Å²) >= 11 is 1.64. The molecule has 4 rings (SSSR count). The van der Waals surface area contributed by atoms with Crippen molar-refractivity contribution in [2.45, 2.75) is 25.3 Å². The van der Waals surface area contributed by atoms with E-state index in [2.05, 4.69) is 27.1 Å². The zero-order chi connectivity index (χ0) is 18.6. The maximum Gasteiger partial charge on any atom is 0.221 e. The third-order valence-corrected chi connectivity index (χ3v) is 5.11. The van der Waals surface area contributed by atoms with E-state index in [1.807, 2.05) is 23.6 Å². The number of phenolic OH excluding ortho intramolecular Hbond substituents is 1. The molecular weight excluding hydrogens is 358 g/mol.